The minimum atomic E-state index is -0.499. The zero-order chi connectivity index (χ0) is 15.2. The van der Waals surface area contributed by atoms with E-state index in [-0.39, 0.29) is 12.4 Å². The number of ether oxygens (including phenoxy) is 1. The molecule has 0 spiro atoms. The fraction of sp³-hybridized carbons (Fsp3) is 0.0625. The molecule has 0 atom stereocenters. The number of benzene rings is 2. The van der Waals surface area contributed by atoms with Crippen molar-refractivity contribution in [3.05, 3.63) is 70.5 Å². The van der Waals surface area contributed by atoms with E-state index in [1.807, 2.05) is 0 Å². The van der Waals surface area contributed by atoms with Gasteiger partial charge in [-0.15, -0.1) is 0 Å². The summed E-state index contributed by atoms with van der Waals surface area (Å²) in [4.78, 5) is 10.6. The zero-order valence-corrected chi connectivity index (χ0v) is 11.8. The van der Waals surface area contributed by atoms with Gasteiger partial charge in [-0.3, -0.25) is 4.79 Å². The number of nitrogens with two attached hydrogens (primary N) is 1. The molecule has 0 unspecified atom stereocenters. The summed E-state index contributed by atoms with van der Waals surface area (Å²) in [5.41, 5.74) is 6.56. The maximum atomic E-state index is 12.9. The highest BCUT2D eigenvalue weighted by Gasteiger charge is 2.03. The number of halogens is 2. The smallest absolute Gasteiger partial charge is 0.241 e. The fourth-order valence-corrected chi connectivity index (χ4v) is 1.88. The molecule has 0 aliphatic carbocycles. The fourth-order valence-electron chi connectivity index (χ4n) is 1.65. The molecular weight excluding hydrogens is 293 g/mol. The first-order chi connectivity index (χ1) is 10.0. The van der Waals surface area contributed by atoms with E-state index in [9.17, 15) is 9.18 Å². The summed E-state index contributed by atoms with van der Waals surface area (Å²) in [6, 6.07) is 11.3. The number of primary amides is 1. The van der Waals surface area contributed by atoms with Gasteiger partial charge in [0.25, 0.3) is 0 Å². The number of hydrogen-bond acceptors (Lipinski definition) is 2. The standard InChI is InChI=1S/C16H13ClFNO2/c17-15-9-13(18)5-4-12(15)10-21-14-6-1-11(2-7-14)3-8-16(19)20/h1-9H,10H2,(H2,19,20)/b8-3+. The van der Waals surface area contributed by atoms with Crippen LogP contribution in [-0.2, 0) is 11.4 Å². The molecule has 0 radical (unpaired) electrons. The van der Waals surface area contributed by atoms with Crippen molar-refractivity contribution >= 4 is 23.6 Å². The van der Waals surface area contributed by atoms with E-state index in [0.717, 1.165) is 5.56 Å². The van der Waals surface area contributed by atoms with Crippen molar-refractivity contribution in [3.8, 4) is 5.75 Å². The molecule has 0 fully saturated rings. The van der Waals surface area contributed by atoms with Gasteiger partial charge < -0.3 is 10.5 Å². The van der Waals surface area contributed by atoms with Crippen LogP contribution in [0.3, 0.4) is 0 Å². The van der Waals surface area contributed by atoms with Crippen LogP contribution in [0.25, 0.3) is 6.08 Å². The number of hydrogen-bond donors (Lipinski definition) is 1. The first-order valence-electron chi connectivity index (χ1n) is 6.19. The molecule has 0 aliphatic rings. The molecule has 5 heteroatoms. The van der Waals surface area contributed by atoms with Crippen LogP contribution in [0, 0.1) is 5.82 Å². The molecule has 0 bridgehead atoms. The minimum absolute atomic E-state index is 0.246. The SMILES string of the molecule is NC(=O)/C=C/c1ccc(OCc2ccc(F)cc2Cl)cc1. The highest BCUT2D eigenvalue weighted by atomic mass is 35.5. The van der Waals surface area contributed by atoms with Gasteiger partial charge >= 0.3 is 0 Å². The molecule has 2 aromatic carbocycles. The van der Waals surface area contributed by atoms with Crippen LogP contribution < -0.4 is 10.5 Å². The third kappa shape index (κ3) is 4.61. The Morgan fingerprint density at radius 1 is 1.24 bits per heavy atom. The van der Waals surface area contributed by atoms with Gasteiger partial charge in [0, 0.05) is 11.6 Å². The molecule has 1 amide bonds. The van der Waals surface area contributed by atoms with Crippen LogP contribution in [0.2, 0.25) is 5.02 Å². The summed E-state index contributed by atoms with van der Waals surface area (Å²) in [6.07, 6.45) is 2.90. The van der Waals surface area contributed by atoms with Crippen LogP contribution in [0.1, 0.15) is 11.1 Å². The molecule has 0 heterocycles. The van der Waals surface area contributed by atoms with E-state index in [4.69, 9.17) is 22.1 Å². The summed E-state index contributed by atoms with van der Waals surface area (Å²) in [5, 5.41) is 0.330. The molecule has 2 rings (SSSR count). The number of carbonyl (C=O) groups excluding carboxylic acids is 1. The summed E-state index contributed by atoms with van der Waals surface area (Å²) < 4.78 is 18.5. The second-order valence-corrected chi connectivity index (χ2v) is 4.74. The molecule has 0 aliphatic heterocycles. The molecular formula is C16H13ClFNO2. The summed E-state index contributed by atoms with van der Waals surface area (Å²) in [7, 11) is 0. The lowest BCUT2D eigenvalue weighted by molar-refractivity contribution is -0.113. The maximum absolute atomic E-state index is 12.9. The third-order valence-electron chi connectivity index (χ3n) is 2.73. The van der Waals surface area contributed by atoms with Gasteiger partial charge in [-0.2, -0.15) is 0 Å². The second-order valence-electron chi connectivity index (χ2n) is 4.33. The van der Waals surface area contributed by atoms with Crippen LogP contribution >= 0.6 is 11.6 Å². The predicted octanol–water partition coefficient (Wildman–Crippen LogP) is 3.56. The van der Waals surface area contributed by atoms with Crippen LogP contribution in [0.5, 0.6) is 5.75 Å². The van der Waals surface area contributed by atoms with Crippen molar-refractivity contribution < 1.29 is 13.9 Å². The Kier molecular flexibility index (Phi) is 4.95. The Labute approximate surface area is 126 Å². The molecule has 21 heavy (non-hydrogen) atoms. The molecule has 3 nitrogen and oxygen atoms in total. The van der Waals surface area contributed by atoms with Crippen molar-refractivity contribution in [2.75, 3.05) is 0 Å². The summed E-state index contributed by atoms with van der Waals surface area (Å²) in [5.74, 6) is -0.234. The number of rotatable bonds is 5. The van der Waals surface area contributed by atoms with E-state index in [0.29, 0.717) is 16.3 Å². The Morgan fingerprint density at radius 2 is 1.95 bits per heavy atom. The highest BCUT2D eigenvalue weighted by molar-refractivity contribution is 6.31. The van der Waals surface area contributed by atoms with Gasteiger partial charge in [0.05, 0.1) is 5.02 Å². The van der Waals surface area contributed by atoms with E-state index < -0.39 is 5.91 Å². The van der Waals surface area contributed by atoms with Crippen LogP contribution in [0.15, 0.2) is 48.5 Å². The second kappa shape index (κ2) is 6.90. The van der Waals surface area contributed by atoms with E-state index in [2.05, 4.69) is 0 Å². The molecule has 2 aromatic rings. The lowest BCUT2D eigenvalue weighted by atomic mass is 10.2. The average molecular weight is 306 g/mol. The van der Waals surface area contributed by atoms with Gasteiger partial charge in [-0.05, 0) is 35.9 Å². The van der Waals surface area contributed by atoms with Crippen molar-refractivity contribution in [1.29, 1.82) is 0 Å². The van der Waals surface area contributed by atoms with Crippen molar-refractivity contribution in [1.82, 2.24) is 0 Å². The zero-order valence-electron chi connectivity index (χ0n) is 11.1. The highest BCUT2D eigenvalue weighted by Crippen LogP contribution is 2.20. The Morgan fingerprint density at radius 3 is 2.57 bits per heavy atom. The molecule has 0 saturated heterocycles. The third-order valence-corrected chi connectivity index (χ3v) is 3.08. The van der Waals surface area contributed by atoms with Crippen LogP contribution in [-0.4, -0.2) is 5.91 Å². The quantitative estimate of drug-likeness (QED) is 0.859. The first kappa shape index (κ1) is 15.1. The Balaban J connectivity index is 1.99. The summed E-state index contributed by atoms with van der Waals surface area (Å²) in [6.45, 7) is 0.246. The minimum Gasteiger partial charge on any atom is -0.489 e. The van der Waals surface area contributed by atoms with Gasteiger partial charge in [0.15, 0.2) is 0 Å². The predicted molar refractivity (Wildman–Crippen MR) is 80.4 cm³/mol. The lowest BCUT2D eigenvalue weighted by Gasteiger charge is -2.08. The van der Waals surface area contributed by atoms with Crippen molar-refractivity contribution in [3.63, 3.8) is 0 Å². The monoisotopic (exact) mass is 305 g/mol. The van der Waals surface area contributed by atoms with E-state index in [1.165, 1.54) is 18.2 Å². The Hall–Kier alpha value is -2.33. The van der Waals surface area contributed by atoms with E-state index >= 15 is 0 Å². The molecule has 0 aromatic heterocycles. The maximum Gasteiger partial charge on any atom is 0.241 e. The van der Waals surface area contributed by atoms with Gasteiger partial charge in [0.1, 0.15) is 18.2 Å². The van der Waals surface area contributed by atoms with Gasteiger partial charge in [-0.1, -0.05) is 29.8 Å². The van der Waals surface area contributed by atoms with Crippen molar-refractivity contribution in [2.24, 2.45) is 5.73 Å². The van der Waals surface area contributed by atoms with Crippen molar-refractivity contribution in [2.45, 2.75) is 6.61 Å². The number of amides is 1. The van der Waals surface area contributed by atoms with E-state index in [1.54, 1.807) is 36.4 Å². The Bertz CT molecular complexity index is 668. The number of carbonyl (C=O) groups is 1. The normalized spacial score (nSPS) is 10.8. The van der Waals surface area contributed by atoms with Gasteiger partial charge in [-0.25, -0.2) is 4.39 Å². The average Bonchev–Trinajstić information content (AvgIpc) is 2.45. The molecule has 0 saturated carbocycles. The lowest BCUT2D eigenvalue weighted by Crippen LogP contribution is -2.05. The van der Waals surface area contributed by atoms with Gasteiger partial charge in [0.2, 0.25) is 5.91 Å². The largest absolute Gasteiger partial charge is 0.489 e. The first-order valence-corrected chi connectivity index (χ1v) is 6.57. The van der Waals surface area contributed by atoms with Crippen LogP contribution in [0.4, 0.5) is 4.39 Å². The summed E-state index contributed by atoms with van der Waals surface area (Å²) >= 11 is 5.92. The molecule has 2 N–H and O–H groups in total. The molecule has 108 valence electrons. The topological polar surface area (TPSA) is 52.3 Å².